The molecule has 1 aliphatic heterocycles. The van der Waals surface area contributed by atoms with Gasteiger partial charge in [0.05, 0.1) is 5.92 Å². The highest BCUT2D eigenvalue weighted by Gasteiger charge is 2.48. The molecule has 21 heavy (non-hydrogen) atoms. The molecule has 0 aromatic heterocycles. The standard InChI is InChI=1S/C15H14INO4/c16-8-4-5-11-10(6-8)15(21,14(20)17-11)7-13(19)9-2-1-3-12(9)18/h4-6,9,21H,1-3,7H2,(H,17,20). The van der Waals surface area contributed by atoms with Gasteiger partial charge in [-0.1, -0.05) is 0 Å². The zero-order valence-electron chi connectivity index (χ0n) is 11.2. The molecule has 6 heteroatoms. The van der Waals surface area contributed by atoms with Crippen LogP contribution in [0.15, 0.2) is 18.2 Å². The van der Waals surface area contributed by atoms with Gasteiger partial charge in [0.25, 0.3) is 5.91 Å². The lowest BCUT2D eigenvalue weighted by Crippen LogP contribution is -2.38. The second-order valence-electron chi connectivity index (χ2n) is 5.56. The zero-order valence-corrected chi connectivity index (χ0v) is 13.3. The molecule has 0 bridgehead atoms. The van der Waals surface area contributed by atoms with Crippen molar-refractivity contribution in [1.82, 2.24) is 0 Å². The predicted molar refractivity (Wildman–Crippen MR) is 83.7 cm³/mol. The Morgan fingerprint density at radius 2 is 2.19 bits per heavy atom. The Bertz CT molecular complexity index is 657. The molecule has 1 aliphatic carbocycles. The van der Waals surface area contributed by atoms with Crippen LogP contribution in [0.5, 0.6) is 0 Å². The van der Waals surface area contributed by atoms with Gasteiger partial charge in [-0.3, -0.25) is 14.4 Å². The van der Waals surface area contributed by atoms with Crippen LogP contribution in [-0.2, 0) is 20.0 Å². The van der Waals surface area contributed by atoms with Crippen molar-refractivity contribution < 1.29 is 19.5 Å². The Kier molecular flexibility index (Phi) is 3.61. The topological polar surface area (TPSA) is 83.5 Å². The maximum Gasteiger partial charge on any atom is 0.261 e. The molecule has 3 rings (SSSR count). The number of nitrogens with one attached hydrogen (secondary N) is 1. The van der Waals surface area contributed by atoms with Gasteiger partial charge in [0.1, 0.15) is 11.6 Å². The number of anilines is 1. The summed E-state index contributed by atoms with van der Waals surface area (Å²) in [6.07, 6.45) is 1.29. The Hall–Kier alpha value is -1.28. The van der Waals surface area contributed by atoms with E-state index in [0.717, 1.165) is 3.57 Å². The summed E-state index contributed by atoms with van der Waals surface area (Å²) in [6.45, 7) is 0. The first kappa shape index (κ1) is 14.6. The zero-order chi connectivity index (χ0) is 15.2. The third kappa shape index (κ3) is 2.40. The molecular formula is C15H14INO4. The van der Waals surface area contributed by atoms with Crippen molar-refractivity contribution in [2.75, 3.05) is 5.32 Å². The van der Waals surface area contributed by atoms with Crippen molar-refractivity contribution in [2.24, 2.45) is 5.92 Å². The van der Waals surface area contributed by atoms with E-state index in [0.29, 0.717) is 30.5 Å². The molecule has 2 aliphatic rings. The molecule has 0 spiro atoms. The highest BCUT2D eigenvalue weighted by atomic mass is 127. The fourth-order valence-corrected chi connectivity index (χ4v) is 3.51. The Morgan fingerprint density at radius 1 is 1.43 bits per heavy atom. The van der Waals surface area contributed by atoms with Crippen molar-refractivity contribution >= 4 is 45.8 Å². The normalized spacial score (nSPS) is 27.6. The molecule has 1 saturated carbocycles. The first-order valence-electron chi connectivity index (χ1n) is 6.81. The number of ketones is 2. The van der Waals surface area contributed by atoms with E-state index in [2.05, 4.69) is 27.9 Å². The second-order valence-corrected chi connectivity index (χ2v) is 6.80. The molecule has 1 amide bonds. The average Bonchev–Trinajstić information content (AvgIpc) is 2.95. The van der Waals surface area contributed by atoms with Gasteiger partial charge >= 0.3 is 0 Å². The highest BCUT2D eigenvalue weighted by Crippen LogP contribution is 2.40. The molecule has 1 aromatic rings. The number of aliphatic hydroxyl groups is 1. The summed E-state index contributed by atoms with van der Waals surface area (Å²) in [5.74, 6) is -1.68. The van der Waals surface area contributed by atoms with E-state index in [4.69, 9.17) is 0 Å². The van der Waals surface area contributed by atoms with Gasteiger partial charge in [0.2, 0.25) is 0 Å². The number of Topliss-reactive ketones (excluding diaryl/α,β-unsaturated/α-hetero) is 2. The molecule has 2 unspecified atom stereocenters. The molecule has 5 nitrogen and oxygen atoms in total. The average molecular weight is 399 g/mol. The van der Waals surface area contributed by atoms with Crippen molar-refractivity contribution in [3.8, 4) is 0 Å². The largest absolute Gasteiger partial charge is 0.375 e. The lowest BCUT2D eigenvalue weighted by atomic mass is 9.85. The van der Waals surface area contributed by atoms with Crippen LogP contribution in [0, 0.1) is 9.49 Å². The van der Waals surface area contributed by atoms with Crippen LogP contribution in [0.25, 0.3) is 0 Å². The fraction of sp³-hybridized carbons (Fsp3) is 0.400. The lowest BCUT2D eigenvalue weighted by molar-refractivity contribution is -0.143. The van der Waals surface area contributed by atoms with Crippen LogP contribution in [-0.4, -0.2) is 22.6 Å². The van der Waals surface area contributed by atoms with E-state index >= 15 is 0 Å². The maximum absolute atomic E-state index is 12.3. The number of hydrogen-bond donors (Lipinski definition) is 2. The number of carbonyl (C=O) groups excluding carboxylic acids is 3. The number of halogens is 1. The first-order valence-corrected chi connectivity index (χ1v) is 7.89. The fourth-order valence-electron chi connectivity index (χ4n) is 3.02. The summed E-state index contributed by atoms with van der Waals surface area (Å²) < 4.78 is 0.866. The van der Waals surface area contributed by atoms with Gasteiger partial charge in [0, 0.05) is 27.7 Å². The maximum atomic E-state index is 12.3. The Balaban J connectivity index is 1.91. The van der Waals surface area contributed by atoms with Gasteiger partial charge < -0.3 is 10.4 Å². The molecule has 0 saturated heterocycles. The van der Waals surface area contributed by atoms with Crippen molar-refractivity contribution in [1.29, 1.82) is 0 Å². The van der Waals surface area contributed by atoms with E-state index in [9.17, 15) is 19.5 Å². The number of rotatable bonds is 3. The SMILES string of the molecule is O=C1CCCC1C(=O)CC1(O)C(=O)Nc2ccc(I)cc21. The van der Waals surface area contributed by atoms with E-state index in [1.807, 2.05) is 6.07 Å². The molecule has 2 atom stereocenters. The van der Waals surface area contributed by atoms with Crippen LogP contribution in [0.2, 0.25) is 0 Å². The van der Waals surface area contributed by atoms with Crippen LogP contribution in [0.1, 0.15) is 31.2 Å². The number of hydrogen-bond acceptors (Lipinski definition) is 4. The molecule has 1 fully saturated rings. The summed E-state index contributed by atoms with van der Waals surface area (Å²) in [4.78, 5) is 36.1. The summed E-state index contributed by atoms with van der Waals surface area (Å²) in [6, 6.07) is 5.21. The van der Waals surface area contributed by atoms with Crippen LogP contribution in [0.4, 0.5) is 5.69 Å². The summed E-state index contributed by atoms with van der Waals surface area (Å²) in [7, 11) is 0. The van der Waals surface area contributed by atoms with E-state index in [-0.39, 0.29) is 18.0 Å². The molecule has 0 radical (unpaired) electrons. The van der Waals surface area contributed by atoms with E-state index in [1.165, 1.54) is 0 Å². The third-order valence-electron chi connectivity index (χ3n) is 4.17. The van der Waals surface area contributed by atoms with Crippen LogP contribution in [0.3, 0.4) is 0 Å². The quantitative estimate of drug-likeness (QED) is 0.600. The van der Waals surface area contributed by atoms with Crippen LogP contribution >= 0.6 is 22.6 Å². The van der Waals surface area contributed by atoms with E-state index < -0.39 is 17.4 Å². The minimum absolute atomic E-state index is 0.0788. The first-order chi connectivity index (χ1) is 9.91. The van der Waals surface area contributed by atoms with Gasteiger partial charge in [-0.15, -0.1) is 0 Å². The van der Waals surface area contributed by atoms with Crippen molar-refractivity contribution in [2.45, 2.75) is 31.3 Å². The predicted octanol–water partition coefficient (Wildman–Crippen LogP) is 1.76. The number of carbonyl (C=O) groups is 3. The second kappa shape index (κ2) is 5.17. The Labute approximate surface area is 135 Å². The van der Waals surface area contributed by atoms with Crippen LogP contribution < -0.4 is 5.32 Å². The van der Waals surface area contributed by atoms with Gasteiger partial charge in [0.15, 0.2) is 5.60 Å². The molecule has 1 aromatic carbocycles. The smallest absolute Gasteiger partial charge is 0.261 e. The monoisotopic (exact) mass is 399 g/mol. The minimum atomic E-state index is -1.86. The van der Waals surface area contributed by atoms with Crippen molar-refractivity contribution in [3.05, 3.63) is 27.3 Å². The highest BCUT2D eigenvalue weighted by molar-refractivity contribution is 14.1. The number of fused-ring (bicyclic) bond motifs is 1. The molecular weight excluding hydrogens is 385 g/mol. The number of amides is 1. The number of benzene rings is 1. The minimum Gasteiger partial charge on any atom is -0.375 e. The van der Waals surface area contributed by atoms with Gasteiger partial charge in [-0.2, -0.15) is 0 Å². The van der Waals surface area contributed by atoms with Gasteiger partial charge in [-0.25, -0.2) is 0 Å². The van der Waals surface area contributed by atoms with Gasteiger partial charge in [-0.05, 0) is 53.6 Å². The summed E-state index contributed by atoms with van der Waals surface area (Å²) >= 11 is 2.08. The van der Waals surface area contributed by atoms with Crippen molar-refractivity contribution in [3.63, 3.8) is 0 Å². The summed E-state index contributed by atoms with van der Waals surface area (Å²) in [5, 5.41) is 13.3. The molecule has 110 valence electrons. The summed E-state index contributed by atoms with van der Waals surface area (Å²) in [5.41, 5.74) is -0.928. The lowest BCUT2D eigenvalue weighted by Gasteiger charge is -2.21. The molecule has 1 heterocycles. The third-order valence-corrected chi connectivity index (χ3v) is 4.85. The molecule has 2 N–H and O–H groups in total. The van der Waals surface area contributed by atoms with E-state index in [1.54, 1.807) is 12.1 Å². The Morgan fingerprint density at radius 3 is 2.86 bits per heavy atom.